The molecule has 11 heteroatoms. The van der Waals surface area contributed by atoms with Crippen LogP contribution < -0.4 is 20.7 Å². The third-order valence-electron chi connectivity index (χ3n) is 4.97. The SMILES string of the molecule is COc1ccc(NC(=O)N2CCN(c3nc(N)nc4scnc34)[C@@H](C)C2)c(C#N)c1. The van der Waals surface area contributed by atoms with Crippen LogP contribution in [0.15, 0.2) is 23.7 Å². The molecule has 3 aromatic rings. The Bertz CT molecular complexity index is 1140. The number of nitrogen functional groups attached to an aromatic ring is 1. The number of carbonyl (C=O) groups excluding carboxylic acids is 1. The summed E-state index contributed by atoms with van der Waals surface area (Å²) in [5, 5.41) is 12.2. The molecule has 2 aromatic heterocycles. The van der Waals surface area contributed by atoms with E-state index in [9.17, 15) is 10.1 Å². The van der Waals surface area contributed by atoms with Crippen LogP contribution in [0.3, 0.4) is 0 Å². The molecule has 1 aliphatic heterocycles. The van der Waals surface area contributed by atoms with Crippen molar-refractivity contribution in [2.45, 2.75) is 13.0 Å². The summed E-state index contributed by atoms with van der Waals surface area (Å²) in [6, 6.07) is 6.78. The molecule has 1 atom stereocenters. The summed E-state index contributed by atoms with van der Waals surface area (Å²) in [4.78, 5) is 30.4. The lowest BCUT2D eigenvalue weighted by molar-refractivity contribution is 0.200. The number of carbonyl (C=O) groups is 1. The number of nitrogens with one attached hydrogen (secondary N) is 1. The van der Waals surface area contributed by atoms with E-state index >= 15 is 0 Å². The molecule has 0 saturated carbocycles. The van der Waals surface area contributed by atoms with Crippen LogP contribution in [0.25, 0.3) is 10.3 Å². The molecule has 0 bridgehead atoms. The zero-order chi connectivity index (χ0) is 21.3. The summed E-state index contributed by atoms with van der Waals surface area (Å²) < 4.78 is 5.13. The number of hydrogen-bond acceptors (Lipinski definition) is 9. The zero-order valence-corrected chi connectivity index (χ0v) is 17.3. The van der Waals surface area contributed by atoms with E-state index in [0.29, 0.717) is 42.5 Å². The van der Waals surface area contributed by atoms with E-state index in [1.807, 2.05) is 6.92 Å². The second-order valence-corrected chi connectivity index (χ2v) is 7.69. The van der Waals surface area contributed by atoms with Crippen molar-refractivity contribution in [3.05, 3.63) is 29.3 Å². The van der Waals surface area contributed by atoms with Crippen LogP contribution in [-0.2, 0) is 0 Å². The highest BCUT2D eigenvalue weighted by molar-refractivity contribution is 7.16. The molecule has 0 unspecified atom stereocenters. The minimum absolute atomic E-state index is 0.00463. The van der Waals surface area contributed by atoms with Gasteiger partial charge in [-0.1, -0.05) is 0 Å². The van der Waals surface area contributed by atoms with Crippen LogP contribution in [0.5, 0.6) is 5.75 Å². The first-order valence-electron chi connectivity index (χ1n) is 9.27. The number of amides is 2. The molecule has 3 N–H and O–H groups in total. The Morgan fingerprint density at radius 3 is 2.97 bits per heavy atom. The van der Waals surface area contributed by atoms with Gasteiger partial charge >= 0.3 is 6.03 Å². The molecule has 0 aliphatic carbocycles. The number of piperazine rings is 1. The number of aromatic nitrogens is 3. The second kappa shape index (κ2) is 8.00. The Morgan fingerprint density at radius 1 is 1.40 bits per heavy atom. The Hall–Kier alpha value is -3.65. The van der Waals surface area contributed by atoms with Gasteiger partial charge in [-0.2, -0.15) is 10.2 Å². The Labute approximate surface area is 176 Å². The molecule has 0 radical (unpaired) electrons. The highest BCUT2D eigenvalue weighted by Crippen LogP contribution is 2.29. The number of thiazole rings is 1. The smallest absolute Gasteiger partial charge is 0.322 e. The van der Waals surface area contributed by atoms with E-state index in [1.54, 1.807) is 28.6 Å². The Balaban J connectivity index is 1.49. The van der Waals surface area contributed by atoms with Crippen molar-refractivity contribution in [3.63, 3.8) is 0 Å². The van der Waals surface area contributed by atoms with Crippen molar-refractivity contribution in [1.29, 1.82) is 5.26 Å². The van der Waals surface area contributed by atoms with Gasteiger partial charge in [-0.25, -0.2) is 14.8 Å². The van der Waals surface area contributed by atoms with Crippen LogP contribution >= 0.6 is 11.3 Å². The van der Waals surface area contributed by atoms with E-state index in [2.05, 4.69) is 31.2 Å². The van der Waals surface area contributed by atoms with Crippen molar-refractivity contribution in [1.82, 2.24) is 19.9 Å². The zero-order valence-electron chi connectivity index (χ0n) is 16.5. The standard InChI is InChI=1S/C19H20N8O2S/c1-11-9-26(19(28)23-14-4-3-13(29-2)7-12(14)8-20)5-6-27(11)16-15-17(30-10-22-15)25-18(21)24-16/h3-4,7,10-11H,5-6,9H2,1-2H3,(H,23,28)(H2,21,24,25)/t11-/m0/s1. The Kier molecular flexibility index (Phi) is 5.24. The number of ether oxygens (including phenoxy) is 1. The molecule has 4 rings (SSSR count). The van der Waals surface area contributed by atoms with Crippen molar-refractivity contribution >= 4 is 45.2 Å². The van der Waals surface area contributed by atoms with E-state index in [1.165, 1.54) is 18.4 Å². The third-order valence-corrected chi connectivity index (χ3v) is 5.69. The molecule has 1 aliphatic rings. The van der Waals surface area contributed by atoms with Gasteiger partial charge in [0, 0.05) is 25.7 Å². The van der Waals surface area contributed by atoms with Crippen molar-refractivity contribution in [2.75, 3.05) is 42.7 Å². The average molecular weight is 424 g/mol. The van der Waals surface area contributed by atoms with Crippen LogP contribution in [0.4, 0.5) is 22.2 Å². The number of nitrogens with two attached hydrogens (primary N) is 1. The quantitative estimate of drug-likeness (QED) is 0.654. The first kappa shape index (κ1) is 19.7. The van der Waals surface area contributed by atoms with Gasteiger partial charge in [0.15, 0.2) is 10.6 Å². The van der Waals surface area contributed by atoms with Gasteiger partial charge in [-0.05, 0) is 25.1 Å². The number of methoxy groups -OCH3 is 1. The molecular formula is C19H20N8O2S. The molecule has 1 saturated heterocycles. The normalized spacial score (nSPS) is 16.4. The second-order valence-electron chi connectivity index (χ2n) is 6.85. The molecule has 154 valence electrons. The molecule has 10 nitrogen and oxygen atoms in total. The fraction of sp³-hybridized carbons (Fsp3) is 0.316. The van der Waals surface area contributed by atoms with Gasteiger partial charge in [0.1, 0.15) is 17.3 Å². The van der Waals surface area contributed by atoms with E-state index in [4.69, 9.17) is 10.5 Å². The molecule has 2 amide bonds. The minimum atomic E-state index is -0.260. The maximum absolute atomic E-state index is 12.8. The van der Waals surface area contributed by atoms with Gasteiger partial charge in [-0.15, -0.1) is 11.3 Å². The molecule has 0 spiro atoms. The van der Waals surface area contributed by atoms with Gasteiger partial charge in [0.05, 0.1) is 23.9 Å². The highest BCUT2D eigenvalue weighted by atomic mass is 32.1. The van der Waals surface area contributed by atoms with E-state index in [-0.39, 0.29) is 18.0 Å². The van der Waals surface area contributed by atoms with Crippen LogP contribution in [0.2, 0.25) is 0 Å². The van der Waals surface area contributed by atoms with E-state index in [0.717, 1.165) is 10.3 Å². The number of hydrogen-bond donors (Lipinski definition) is 2. The predicted octanol–water partition coefficient (Wildman–Crippen LogP) is 2.29. The fourth-order valence-electron chi connectivity index (χ4n) is 3.47. The summed E-state index contributed by atoms with van der Waals surface area (Å²) >= 11 is 1.41. The lowest BCUT2D eigenvalue weighted by Gasteiger charge is -2.40. The monoisotopic (exact) mass is 424 g/mol. The first-order valence-corrected chi connectivity index (χ1v) is 10.2. The summed E-state index contributed by atoms with van der Waals surface area (Å²) in [7, 11) is 1.53. The molecule has 1 aromatic carbocycles. The summed E-state index contributed by atoms with van der Waals surface area (Å²) in [6.45, 7) is 3.57. The van der Waals surface area contributed by atoms with Crippen molar-refractivity contribution in [3.8, 4) is 11.8 Å². The number of fused-ring (bicyclic) bond motifs is 1. The van der Waals surface area contributed by atoms with Gasteiger partial charge in [0.2, 0.25) is 5.95 Å². The van der Waals surface area contributed by atoms with Gasteiger partial charge < -0.3 is 25.6 Å². The predicted molar refractivity (Wildman–Crippen MR) is 115 cm³/mol. The highest BCUT2D eigenvalue weighted by Gasteiger charge is 2.30. The number of urea groups is 1. The van der Waals surface area contributed by atoms with E-state index < -0.39 is 0 Å². The Morgan fingerprint density at radius 2 is 2.23 bits per heavy atom. The topological polar surface area (TPSA) is 133 Å². The summed E-state index contributed by atoms with van der Waals surface area (Å²) in [6.07, 6.45) is 0. The van der Waals surface area contributed by atoms with Crippen molar-refractivity contribution < 1.29 is 9.53 Å². The molecular weight excluding hydrogens is 404 g/mol. The fourth-order valence-corrected chi connectivity index (χ4v) is 4.13. The number of anilines is 3. The maximum Gasteiger partial charge on any atom is 0.322 e. The largest absolute Gasteiger partial charge is 0.497 e. The third kappa shape index (κ3) is 3.65. The maximum atomic E-state index is 12.8. The van der Waals surface area contributed by atoms with Gasteiger partial charge in [0.25, 0.3) is 0 Å². The number of rotatable bonds is 3. The number of nitriles is 1. The van der Waals surface area contributed by atoms with Crippen LogP contribution in [0.1, 0.15) is 12.5 Å². The first-order chi connectivity index (χ1) is 14.5. The lowest BCUT2D eigenvalue weighted by atomic mass is 10.1. The minimum Gasteiger partial charge on any atom is -0.497 e. The molecule has 30 heavy (non-hydrogen) atoms. The summed E-state index contributed by atoms with van der Waals surface area (Å²) in [5.74, 6) is 1.45. The van der Waals surface area contributed by atoms with Gasteiger partial charge in [-0.3, -0.25) is 0 Å². The average Bonchev–Trinajstić information content (AvgIpc) is 3.21. The number of nitrogens with zero attached hydrogens (tertiary/aromatic N) is 6. The van der Waals surface area contributed by atoms with Crippen LogP contribution in [0, 0.1) is 11.3 Å². The molecule has 1 fully saturated rings. The molecule has 3 heterocycles. The van der Waals surface area contributed by atoms with Crippen molar-refractivity contribution in [2.24, 2.45) is 0 Å². The summed E-state index contributed by atoms with van der Waals surface area (Å²) in [5.41, 5.74) is 9.10. The van der Waals surface area contributed by atoms with Crippen LogP contribution in [-0.4, -0.2) is 58.7 Å². The lowest BCUT2D eigenvalue weighted by Crippen LogP contribution is -2.55. The number of benzene rings is 1.